The smallest absolute Gasteiger partial charge is 0.242 e. The molecule has 1 aromatic carbocycles. The quantitative estimate of drug-likeness (QED) is 0.798. The van der Waals surface area contributed by atoms with Crippen LogP contribution in [0.25, 0.3) is 0 Å². The van der Waals surface area contributed by atoms with Crippen molar-refractivity contribution >= 4 is 29.1 Å². The lowest BCUT2D eigenvalue weighted by Crippen LogP contribution is -2.09. The number of halogens is 1. The summed E-state index contributed by atoms with van der Waals surface area (Å²) in [5.41, 5.74) is 1.12. The van der Waals surface area contributed by atoms with Crippen LogP contribution in [0.5, 0.6) is 0 Å². The summed E-state index contributed by atoms with van der Waals surface area (Å²) in [4.78, 5) is 7.29. The van der Waals surface area contributed by atoms with Crippen molar-refractivity contribution in [1.29, 1.82) is 0 Å². The van der Waals surface area contributed by atoms with Gasteiger partial charge >= 0.3 is 0 Å². The molecule has 0 saturated carbocycles. The molecule has 4 nitrogen and oxygen atoms in total. The van der Waals surface area contributed by atoms with Gasteiger partial charge in [0.05, 0.1) is 5.69 Å². The molecule has 0 atom stereocenters. The molecule has 90 valence electrons. The number of nitrogens with zero attached hydrogens (tertiary/aromatic N) is 3. The molecule has 1 aromatic heterocycles. The minimum Gasteiger partial charge on any atom is -0.377 e. The first-order valence-electron chi connectivity index (χ1n) is 5.03. The summed E-state index contributed by atoms with van der Waals surface area (Å²) in [6.45, 7) is 0. The van der Waals surface area contributed by atoms with E-state index in [1.165, 1.54) is 11.8 Å². The van der Waals surface area contributed by atoms with Crippen molar-refractivity contribution in [2.45, 2.75) is 15.9 Å². The Labute approximate surface area is 109 Å². The van der Waals surface area contributed by atoms with Gasteiger partial charge in [0.2, 0.25) is 11.0 Å². The first-order valence-corrected chi connectivity index (χ1v) is 6.38. The van der Waals surface area contributed by atoms with Crippen molar-refractivity contribution < 1.29 is 4.52 Å². The second-order valence-electron chi connectivity index (χ2n) is 3.57. The first-order chi connectivity index (χ1) is 8.20. The molecule has 2 rings (SSSR count). The van der Waals surface area contributed by atoms with E-state index in [0.717, 1.165) is 10.6 Å². The van der Waals surface area contributed by atoms with E-state index in [1.807, 2.05) is 43.3 Å². The van der Waals surface area contributed by atoms with Gasteiger partial charge in [-0.15, -0.1) is 11.6 Å². The van der Waals surface area contributed by atoms with E-state index >= 15 is 0 Å². The van der Waals surface area contributed by atoms with Gasteiger partial charge in [-0.3, -0.25) is 0 Å². The molecule has 17 heavy (non-hydrogen) atoms. The summed E-state index contributed by atoms with van der Waals surface area (Å²) in [5.74, 6) is 0.680. The molecular weight excluding hydrogens is 258 g/mol. The molecule has 0 N–H and O–H groups in total. The Balaban J connectivity index is 2.23. The van der Waals surface area contributed by atoms with Crippen molar-refractivity contribution in [3.63, 3.8) is 0 Å². The summed E-state index contributed by atoms with van der Waals surface area (Å²) in [6.07, 6.45) is 0. The van der Waals surface area contributed by atoms with E-state index in [9.17, 15) is 0 Å². The zero-order valence-corrected chi connectivity index (χ0v) is 11.1. The van der Waals surface area contributed by atoms with Crippen LogP contribution in [-0.2, 0) is 5.88 Å². The summed E-state index contributed by atoms with van der Waals surface area (Å²) in [6, 6.07) is 8.05. The molecule has 0 bridgehead atoms. The van der Waals surface area contributed by atoms with E-state index in [-0.39, 0.29) is 5.88 Å². The molecule has 0 aliphatic heterocycles. The van der Waals surface area contributed by atoms with Crippen LogP contribution >= 0.6 is 23.4 Å². The van der Waals surface area contributed by atoms with Crippen LogP contribution in [0.15, 0.2) is 38.8 Å². The van der Waals surface area contributed by atoms with Crippen LogP contribution in [-0.4, -0.2) is 24.2 Å². The third-order valence-corrected chi connectivity index (χ3v) is 3.25. The van der Waals surface area contributed by atoms with Gasteiger partial charge in [0, 0.05) is 19.0 Å². The topological polar surface area (TPSA) is 42.2 Å². The molecule has 0 amide bonds. The van der Waals surface area contributed by atoms with Crippen molar-refractivity contribution in [3.8, 4) is 0 Å². The molecule has 0 saturated heterocycles. The predicted octanol–water partition coefficient (Wildman–Crippen LogP) is 3.03. The molecule has 0 unspecified atom stereocenters. The van der Waals surface area contributed by atoms with E-state index in [1.54, 1.807) is 0 Å². The van der Waals surface area contributed by atoms with Crippen LogP contribution in [0.2, 0.25) is 0 Å². The Kier molecular flexibility index (Phi) is 3.91. The Hall–Kier alpha value is -1.20. The molecule has 0 radical (unpaired) electrons. The average Bonchev–Trinajstić information content (AvgIpc) is 2.77. The number of alkyl halides is 1. The second kappa shape index (κ2) is 5.42. The fraction of sp³-hybridized carbons (Fsp3) is 0.273. The van der Waals surface area contributed by atoms with Crippen LogP contribution in [0.3, 0.4) is 0 Å². The number of hydrogen-bond acceptors (Lipinski definition) is 5. The maximum atomic E-state index is 5.61. The molecule has 1 heterocycles. The highest BCUT2D eigenvalue weighted by Gasteiger charge is 2.10. The van der Waals surface area contributed by atoms with Crippen LogP contribution in [0.4, 0.5) is 5.69 Å². The van der Waals surface area contributed by atoms with Crippen molar-refractivity contribution in [1.82, 2.24) is 10.1 Å². The molecular formula is C11H12ClN3OS. The zero-order chi connectivity index (χ0) is 12.3. The summed E-state index contributed by atoms with van der Waals surface area (Å²) >= 11 is 7.07. The SMILES string of the molecule is CN(C)c1ccccc1Sc1noc(CCl)n1. The van der Waals surface area contributed by atoms with Gasteiger partial charge in [0.25, 0.3) is 0 Å². The average molecular weight is 270 g/mol. The third-order valence-electron chi connectivity index (χ3n) is 2.11. The van der Waals surface area contributed by atoms with Gasteiger partial charge in [0.1, 0.15) is 5.88 Å². The van der Waals surface area contributed by atoms with Gasteiger partial charge in [-0.05, 0) is 29.1 Å². The number of anilines is 1. The minimum atomic E-state index is 0.239. The Morgan fingerprint density at radius 3 is 2.76 bits per heavy atom. The molecule has 0 spiro atoms. The van der Waals surface area contributed by atoms with E-state index in [0.29, 0.717) is 11.0 Å². The predicted molar refractivity (Wildman–Crippen MR) is 68.7 cm³/mol. The second-order valence-corrected chi connectivity index (χ2v) is 4.84. The van der Waals surface area contributed by atoms with Gasteiger partial charge < -0.3 is 9.42 Å². The monoisotopic (exact) mass is 269 g/mol. The van der Waals surface area contributed by atoms with Crippen LogP contribution in [0, 0.1) is 0 Å². The standard InChI is InChI=1S/C11H12ClN3OS/c1-15(2)8-5-3-4-6-9(8)17-11-13-10(7-12)16-14-11/h3-6H,7H2,1-2H3. The van der Waals surface area contributed by atoms with Gasteiger partial charge in [-0.2, -0.15) is 4.98 Å². The fourth-order valence-electron chi connectivity index (χ4n) is 1.35. The highest BCUT2D eigenvalue weighted by Crippen LogP contribution is 2.32. The Morgan fingerprint density at radius 1 is 1.35 bits per heavy atom. The normalized spacial score (nSPS) is 10.5. The fourth-order valence-corrected chi connectivity index (χ4v) is 2.38. The number of hydrogen-bond donors (Lipinski definition) is 0. The number of para-hydroxylation sites is 1. The molecule has 2 aromatic rings. The van der Waals surface area contributed by atoms with Gasteiger partial charge in [0.15, 0.2) is 0 Å². The highest BCUT2D eigenvalue weighted by molar-refractivity contribution is 7.99. The number of aromatic nitrogens is 2. The maximum absolute atomic E-state index is 5.61. The lowest BCUT2D eigenvalue weighted by molar-refractivity contribution is 0.378. The highest BCUT2D eigenvalue weighted by atomic mass is 35.5. The first kappa shape index (κ1) is 12.3. The van der Waals surface area contributed by atoms with Crippen molar-refractivity contribution in [2.24, 2.45) is 0 Å². The van der Waals surface area contributed by atoms with E-state index in [2.05, 4.69) is 10.1 Å². The summed E-state index contributed by atoms with van der Waals surface area (Å²) in [7, 11) is 4.00. The maximum Gasteiger partial charge on any atom is 0.242 e. The van der Waals surface area contributed by atoms with Crippen LogP contribution < -0.4 is 4.90 Å². The molecule has 0 aliphatic carbocycles. The van der Waals surface area contributed by atoms with Gasteiger partial charge in [-0.25, -0.2) is 0 Å². The van der Waals surface area contributed by atoms with Crippen LogP contribution in [0.1, 0.15) is 5.89 Å². The van der Waals surface area contributed by atoms with Crippen molar-refractivity contribution in [3.05, 3.63) is 30.2 Å². The zero-order valence-electron chi connectivity index (χ0n) is 9.55. The van der Waals surface area contributed by atoms with Crippen molar-refractivity contribution in [2.75, 3.05) is 19.0 Å². The van der Waals surface area contributed by atoms with E-state index < -0.39 is 0 Å². The summed E-state index contributed by atoms with van der Waals surface area (Å²) < 4.78 is 4.96. The molecule has 0 aliphatic rings. The Bertz CT molecular complexity index is 501. The van der Waals surface area contributed by atoms with E-state index in [4.69, 9.17) is 16.1 Å². The Morgan fingerprint density at radius 2 is 2.12 bits per heavy atom. The lowest BCUT2D eigenvalue weighted by Gasteiger charge is -2.15. The summed E-state index contributed by atoms with van der Waals surface area (Å²) in [5, 5.41) is 4.44. The number of benzene rings is 1. The minimum absolute atomic E-state index is 0.239. The lowest BCUT2D eigenvalue weighted by atomic mass is 10.3. The molecule has 6 heteroatoms. The number of rotatable bonds is 4. The third kappa shape index (κ3) is 2.92. The largest absolute Gasteiger partial charge is 0.377 e. The van der Waals surface area contributed by atoms with Gasteiger partial charge in [-0.1, -0.05) is 12.1 Å². The molecule has 0 fully saturated rings.